The van der Waals surface area contributed by atoms with Crippen LogP contribution in [0.3, 0.4) is 0 Å². The summed E-state index contributed by atoms with van der Waals surface area (Å²) in [6.45, 7) is 0.899. The summed E-state index contributed by atoms with van der Waals surface area (Å²) < 4.78 is 0. The maximum absolute atomic E-state index is 5.78. The maximum Gasteiger partial charge on any atom is 0.0636 e. The fraction of sp³-hybridized carbons (Fsp3) is 0.273. The Bertz CT molecular complexity index is 363. The molecule has 0 amide bonds. The number of nitrogens with one attached hydrogen (secondary N) is 1. The van der Waals surface area contributed by atoms with Gasteiger partial charge in [-0.15, -0.1) is 0 Å². The molecule has 0 atom stereocenters. The third-order valence-corrected chi connectivity index (χ3v) is 2.07. The summed E-state index contributed by atoms with van der Waals surface area (Å²) in [6, 6.07) is 5.42. The first kappa shape index (κ1) is 10.9. The number of hydrogen-bond acceptors (Lipinski definition) is 2. The lowest BCUT2D eigenvalue weighted by Gasteiger charge is -1.96. The Kier molecular flexibility index (Phi) is 4.31. The molecule has 0 radical (unpaired) electrons. The zero-order chi connectivity index (χ0) is 10.4. The average Bonchev–Trinajstić information content (AvgIpc) is 2.18. The first-order valence-corrected chi connectivity index (χ1v) is 4.80. The van der Waals surface area contributed by atoms with Gasteiger partial charge in [-0.05, 0) is 25.2 Å². The summed E-state index contributed by atoms with van der Waals surface area (Å²) in [4.78, 5) is 0. The van der Waals surface area contributed by atoms with Gasteiger partial charge in [-0.1, -0.05) is 23.4 Å². The zero-order valence-corrected chi connectivity index (χ0v) is 8.86. The molecule has 1 aromatic carbocycles. The second-order valence-corrected chi connectivity index (χ2v) is 3.30. The van der Waals surface area contributed by atoms with Crippen LogP contribution in [-0.2, 0) is 0 Å². The number of hydrogen-bond donors (Lipinski definition) is 2. The van der Waals surface area contributed by atoms with Crippen LogP contribution in [0.4, 0.5) is 5.69 Å². The molecule has 0 spiro atoms. The van der Waals surface area contributed by atoms with E-state index in [0.717, 1.165) is 18.5 Å². The van der Waals surface area contributed by atoms with Crippen LogP contribution in [-0.4, -0.2) is 13.6 Å². The van der Waals surface area contributed by atoms with Gasteiger partial charge in [0, 0.05) is 18.5 Å². The van der Waals surface area contributed by atoms with Gasteiger partial charge in [-0.2, -0.15) is 0 Å². The van der Waals surface area contributed by atoms with Crippen molar-refractivity contribution in [1.29, 1.82) is 0 Å². The zero-order valence-electron chi connectivity index (χ0n) is 8.10. The Labute approximate surface area is 89.4 Å². The predicted molar refractivity (Wildman–Crippen MR) is 61.3 cm³/mol. The van der Waals surface area contributed by atoms with Gasteiger partial charge in [-0.3, -0.25) is 0 Å². The van der Waals surface area contributed by atoms with Crippen molar-refractivity contribution in [3.63, 3.8) is 0 Å². The first-order chi connectivity index (χ1) is 6.74. The third kappa shape index (κ3) is 3.29. The second-order valence-electron chi connectivity index (χ2n) is 2.89. The summed E-state index contributed by atoms with van der Waals surface area (Å²) in [5, 5.41) is 3.60. The molecule has 14 heavy (non-hydrogen) atoms. The van der Waals surface area contributed by atoms with Crippen LogP contribution in [0.2, 0.25) is 5.02 Å². The number of benzene rings is 1. The van der Waals surface area contributed by atoms with Crippen molar-refractivity contribution >= 4 is 17.3 Å². The lowest BCUT2D eigenvalue weighted by molar-refractivity contribution is 0.818. The standard InChI is InChI=1S/C11H13ClN2/c1-14-7-3-2-4-9-5-6-10(12)11(13)8-9/h5-6,8,14H,3,7,13H2,1H3. The SMILES string of the molecule is CNCCC#Cc1ccc(Cl)c(N)c1. The van der Waals surface area contributed by atoms with E-state index in [-0.39, 0.29) is 0 Å². The average molecular weight is 209 g/mol. The molecule has 0 heterocycles. The van der Waals surface area contributed by atoms with E-state index in [2.05, 4.69) is 17.2 Å². The molecule has 74 valence electrons. The number of nitrogens with two attached hydrogens (primary N) is 1. The summed E-state index contributed by atoms with van der Waals surface area (Å²) in [5.74, 6) is 6.06. The highest BCUT2D eigenvalue weighted by atomic mass is 35.5. The first-order valence-electron chi connectivity index (χ1n) is 4.42. The molecule has 2 nitrogen and oxygen atoms in total. The second kappa shape index (κ2) is 5.54. The van der Waals surface area contributed by atoms with Gasteiger partial charge in [0.1, 0.15) is 0 Å². The van der Waals surface area contributed by atoms with Gasteiger partial charge in [0.05, 0.1) is 10.7 Å². The molecule has 1 rings (SSSR count). The number of rotatable bonds is 2. The molecule has 3 N–H and O–H groups in total. The largest absolute Gasteiger partial charge is 0.397 e. The molecule has 0 fully saturated rings. The highest BCUT2D eigenvalue weighted by molar-refractivity contribution is 6.33. The molecule has 0 aromatic heterocycles. The van der Waals surface area contributed by atoms with Gasteiger partial charge in [-0.25, -0.2) is 0 Å². The Morgan fingerprint density at radius 1 is 1.50 bits per heavy atom. The van der Waals surface area contributed by atoms with E-state index in [0.29, 0.717) is 10.7 Å². The third-order valence-electron chi connectivity index (χ3n) is 1.73. The molecule has 1 aromatic rings. The fourth-order valence-electron chi connectivity index (χ4n) is 0.974. The van der Waals surface area contributed by atoms with Crippen molar-refractivity contribution in [2.75, 3.05) is 19.3 Å². The van der Waals surface area contributed by atoms with E-state index < -0.39 is 0 Å². The van der Waals surface area contributed by atoms with Gasteiger partial charge in [0.25, 0.3) is 0 Å². The van der Waals surface area contributed by atoms with E-state index in [1.807, 2.05) is 13.1 Å². The molecule has 0 aliphatic heterocycles. The van der Waals surface area contributed by atoms with Crippen molar-refractivity contribution in [3.05, 3.63) is 28.8 Å². The lowest BCUT2D eigenvalue weighted by atomic mass is 10.2. The number of anilines is 1. The molecule has 0 bridgehead atoms. The quantitative estimate of drug-likeness (QED) is 0.443. The molecule has 3 heteroatoms. The summed E-state index contributed by atoms with van der Waals surface area (Å²) in [6.07, 6.45) is 0.832. The smallest absolute Gasteiger partial charge is 0.0636 e. The molecule has 0 unspecified atom stereocenters. The van der Waals surface area contributed by atoms with Crippen LogP contribution in [0.25, 0.3) is 0 Å². The highest BCUT2D eigenvalue weighted by Crippen LogP contribution is 2.18. The maximum atomic E-state index is 5.78. The number of nitrogen functional groups attached to an aromatic ring is 1. The molecule has 0 aliphatic rings. The van der Waals surface area contributed by atoms with Gasteiger partial charge >= 0.3 is 0 Å². The summed E-state index contributed by atoms with van der Waals surface area (Å²) in [7, 11) is 1.90. The van der Waals surface area contributed by atoms with Crippen molar-refractivity contribution in [1.82, 2.24) is 5.32 Å². The van der Waals surface area contributed by atoms with Crippen LogP contribution >= 0.6 is 11.6 Å². The lowest BCUT2D eigenvalue weighted by Crippen LogP contribution is -2.05. The highest BCUT2D eigenvalue weighted by Gasteiger charge is 1.94. The molecular weight excluding hydrogens is 196 g/mol. The normalized spacial score (nSPS) is 9.29. The van der Waals surface area contributed by atoms with Crippen molar-refractivity contribution in [2.45, 2.75) is 6.42 Å². The van der Waals surface area contributed by atoms with Crippen molar-refractivity contribution < 1.29 is 0 Å². The minimum Gasteiger partial charge on any atom is -0.397 e. The van der Waals surface area contributed by atoms with Gasteiger partial charge in [0.2, 0.25) is 0 Å². The van der Waals surface area contributed by atoms with E-state index >= 15 is 0 Å². The van der Waals surface area contributed by atoms with Crippen LogP contribution < -0.4 is 11.1 Å². The van der Waals surface area contributed by atoms with Gasteiger partial charge in [0.15, 0.2) is 0 Å². The van der Waals surface area contributed by atoms with Crippen LogP contribution in [0.1, 0.15) is 12.0 Å². The van der Waals surface area contributed by atoms with E-state index in [1.54, 1.807) is 12.1 Å². The summed E-state index contributed by atoms with van der Waals surface area (Å²) in [5.41, 5.74) is 7.12. The number of halogens is 1. The topological polar surface area (TPSA) is 38.0 Å². The van der Waals surface area contributed by atoms with Crippen LogP contribution in [0.5, 0.6) is 0 Å². The van der Waals surface area contributed by atoms with E-state index in [4.69, 9.17) is 17.3 Å². The van der Waals surface area contributed by atoms with Crippen molar-refractivity contribution in [2.24, 2.45) is 0 Å². The van der Waals surface area contributed by atoms with E-state index in [1.165, 1.54) is 0 Å². The molecule has 0 saturated carbocycles. The Morgan fingerprint density at radius 2 is 2.29 bits per heavy atom. The molecule has 0 saturated heterocycles. The Morgan fingerprint density at radius 3 is 2.93 bits per heavy atom. The van der Waals surface area contributed by atoms with Crippen LogP contribution in [0.15, 0.2) is 18.2 Å². The van der Waals surface area contributed by atoms with Gasteiger partial charge < -0.3 is 11.1 Å². The molecule has 0 aliphatic carbocycles. The monoisotopic (exact) mass is 208 g/mol. The Hall–Kier alpha value is -1.17. The van der Waals surface area contributed by atoms with Crippen molar-refractivity contribution in [3.8, 4) is 11.8 Å². The minimum absolute atomic E-state index is 0.575. The minimum atomic E-state index is 0.575. The van der Waals surface area contributed by atoms with Crippen LogP contribution in [0, 0.1) is 11.8 Å². The summed E-state index contributed by atoms with van der Waals surface area (Å²) >= 11 is 5.78. The predicted octanol–water partition coefficient (Wildman–Crippen LogP) is 1.88. The Balaban J connectivity index is 2.66. The molecular formula is C11H13ClN2. The fourth-order valence-corrected chi connectivity index (χ4v) is 1.09. The van der Waals surface area contributed by atoms with E-state index in [9.17, 15) is 0 Å².